The first-order valence-electron chi connectivity index (χ1n) is 7.71. The predicted molar refractivity (Wildman–Crippen MR) is 91.7 cm³/mol. The molecule has 0 saturated carbocycles. The van der Waals surface area contributed by atoms with Crippen molar-refractivity contribution in [3.05, 3.63) is 60.2 Å². The molecule has 0 spiro atoms. The van der Waals surface area contributed by atoms with Crippen LogP contribution in [-0.4, -0.2) is 18.5 Å². The molecule has 6 nitrogen and oxygen atoms in total. The number of benzene rings is 2. The highest BCUT2D eigenvalue weighted by Crippen LogP contribution is 2.29. The molecule has 4 N–H and O–H groups in total. The molecule has 126 valence electrons. The van der Waals surface area contributed by atoms with Crippen LogP contribution in [0.5, 0.6) is 11.5 Å². The lowest BCUT2D eigenvalue weighted by Gasteiger charge is -2.18. The lowest BCUT2D eigenvalue weighted by Crippen LogP contribution is -2.38. The van der Waals surface area contributed by atoms with Gasteiger partial charge in [0.1, 0.15) is 11.5 Å². The number of amides is 3. The summed E-state index contributed by atoms with van der Waals surface area (Å²) in [4.78, 5) is 22.5. The molecule has 0 bridgehead atoms. The molecule has 0 radical (unpaired) electrons. The molecule has 3 amide bonds. The zero-order valence-corrected chi connectivity index (χ0v) is 13.5. The maximum absolute atomic E-state index is 11.9. The van der Waals surface area contributed by atoms with Crippen LogP contribution < -0.4 is 21.1 Å². The second-order valence-corrected chi connectivity index (χ2v) is 5.29. The lowest BCUT2D eigenvalue weighted by molar-refractivity contribution is -0.117. The van der Waals surface area contributed by atoms with E-state index in [9.17, 15) is 9.59 Å². The first-order valence-corrected chi connectivity index (χ1v) is 7.71. The van der Waals surface area contributed by atoms with E-state index in [1.165, 1.54) is 0 Å². The van der Waals surface area contributed by atoms with E-state index in [-0.39, 0.29) is 25.0 Å². The molecule has 2 aromatic rings. The second kappa shape index (κ2) is 8.57. The van der Waals surface area contributed by atoms with Crippen LogP contribution in [0.25, 0.3) is 0 Å². The summed E-state index contributed by atoms with van der Waals surface area (Å²) in [7, 11) is 0. The van der Waals surface area contributed by atoms with Crippen LogP contribution in [0.15, 0.2) is 54.6 Å². The highest BCUT2D eigenvalue weighted by molar-refractivity contribution is 5.77. The number of para-hydroxylation sites is 2. The van der Waals surface area contributed by atoms with Gasteiger partial charge >= 0.3 is 6.03 Å². The largest absolute Gasteiger partial charge is 0.457 e. The number of hydrogen-bond donors (Lipinski definition) is 3. The Kier molecular flexibility index (Phi) is 6.19. The minimum atomic E-state index is -0.454. The van der Waals surface area contributed by atoms with Crippen LogP contribution in [0.3, 0.4) is 0 Å². The maximum atomic E-state index is 11.9. The fraction of sp³-hybridized carbons (Fsp3) is 0.222. The molecule has 6 heteroatoms. The van der Waals surface area contributed by atoms with Gasteiger partial charge in [0.2, 0.25) is 5.91 Å². The van der Waals surface area contributed by atoms with E-state index in [0.29, 0.717) is 5.75 Å². The van der Waals surface area contributed by atoms with E-state index < -0.39 is 5.91 Å². The van der Waals surface area contributed by atoms with Crippen molar-refractivity contribution in [2.24, 2.45) is 5.73 Å². The Hall–Kier alpha value is -3.02. The molecule has 0 saturated heterocycles. The molecule has 24 heavy (non-hydrogen) atoms. The first kappa shape index (κ1) is 17.3. The van der Waals surface area contributed by atoms with E-state index in [1.54, 1.807) is 0 Å². The summed E-state index contributed by atoms with van der Waals surface area (Å²) in [6, 6.07) is 16.3. The number of carbonyl (C=O) groups is 2. The van der Waals surface area contributed by atoms with Gasteiger partial charge in [-0.15, -0.1) is 0 Å². The first-order chi connectivity index (χ1) is 11.6. The predicted octanol–water partition coefficient (Wildman–Crippen LogP) is 2.71. The van der Waals surface area contributed by atoms with E-state index in [0.717, 1.165) is 11.3 Å². The quantitative estimate of drug-likeness (QED) is 0.730. The van der Waals surface area contributed by atoms with Gasteiger partial charge in [0.05, 0.1) is 6.04 Å². The summed E-state index contributed by atoms with van der Waals surface area (Å²) in [5, 5.41) is 5.41. The van der Waals surface area contributed by atoms with Gasteiger partial charge in [-0.3, -0.25) is 4.79 Å². The number of rotatable bonds is 7. The Morgan fingerprint density at radius 3 is 2.46 bits per heavy atom. The van der Waals surface area contributed by atoms with Gasteiger partial charge in [-0.1, -0.05) is 36.4 Å². The number of ether oxygens (including phenoxy) is 1. The van der Waals surface area contributed by atoms with Crippen LogP contribution in [0, 0.1) is 0 Å². The normalized spacial score (nSPS) is 11.4. The van der Waals surface area contributed by atoms with Gasteiger partial charge in [0.15, 0.2) is 0 Å². The Labute approximate surface area is 141 Å². The molecule has 0 aliphatic heterocycles. The van der Waals surface area contributed by atoms with Gasteiger partial charge in [-0.2, -0.15) is 0 Å². The van der Waals surface area contributed by atoms with Crippen molar-refractivity contribution in [1.82, 2.24) is 10.6 Å². The Morgan fingerprint density at radius 2 is 1.75 bits per heavy atom. The smallest absolute Gasteiger partial charge is 0.315 e. The van der Waals surface area contributed by atoms with Crippen molar-refractivity contribution in [3.8, 4) is 11.5 Å². The molecule has 2 aromatic carbocycles. The van der Waals surface area contributed by atoms with Crippen LogP contribution in [0.2, 0.25) is 0 Å². The zero-order valence-electron chi connectivity index (χ0n) is 13.5. The zero-order chi connectivity index (χ0) is 17.4. The minimum absolute atomic E-state index is 0.107. The van der Waals surface area contributed by atoms with Gasteiger partial charge in [-0.05, 0) is 25.1 Å². The topological polar surface area (TPSA) is 93.5 Å². The van der Waals surface area contributed by atoms with Crippen LogP contribution in [0.4, 0.5) is 4.79 Å². The molecular weight excluding hydrogens is 306 g/mol. The molecule has 0 unspecified atom stereocenters. The van der Waals surface area contributed by atoms with Gasteiger partial charge in [0.25, 0.3) is 0 Å². The molecular formula is C18H21N3O3. The van der Waals surface area contributed by atoms with Crippen LogP contribution in [0.1, 0.15) is 24.9 Å². The number of nitrogens with two attached hydrogens (primary N) is 1. The third kappa shape index (κ3) is 5.31. The molecule has 2 rings (SSSR count). The number of hydrogen-bond acceptors (Lipinski definition) is 3. The van der Waals surface area contributed by atoms with Gasteiger partial charge in [-0.25, -0.2) is 4.79 Å². The van der Waals surface area contributed by atoms with E-state index in [1.807, 2.05) is 61.5 Å². The fourth-order valence-electron chi connectivity index (χ4n) is 2.17. The lowest BCUT2D eigenvalue weighted by atomic mass is 10.1. The molecule has 0 aromatic heterocycles. The number of primary amides is 1. The summed E-state index contributed by atoms with van der Waals surface area (Å²) >= 11 is 0. The number of urea groups is 1. The highest BCUT2D eigenvalue weighted by Gasteiger charge is 2.14. The van der Waals surface area contributed by atoms with Crippen LogP contribution >= 0.6 is 0 Å². The monoisotopic (exact) mass is 327 g/mol. The molecule has 0 aliphatic rings. The average Bonchev–Trinajstić information content (AvgIpc) is 2.56. The number of nitrogens with one attached hydrogen (secondary N) is 2. The van der Waals surface area contributed by atoms with E-state index in [2.05, 4.69) is 10.6 Å². The van der Waals surface area contributed by atoms with Gasteiger partial charge in [0, 0.05) is 18.5 Å². The molecule has 0 fully saturated rings. The molecule has 1 atom stereocenters. The average molecular weight is 327 g/mol. The third-order valence-electron chi connectivity index (χ3n) is 3.36. The van der Waals surface area contributed by atoms with Crippen molar-refractivity contribution < 1.29 is 14.3 Å². The van der Waals surface area contributed by atoms with Crippen LogP contribution in [-0.2, 0) is 4.79 Å². The molecule has 0 heterocycles. The van der Waals surface area contributed by atoms with Crippen molar-refractivity contribution in [2.45, 2.75) is 19.4 Å². The highest BCUT2D eigenvalue weighted by atomic mass is 16.5. The number of carbonyl (C=O) groups excluding carboxylic acids is 2. The van der Waals surface area contributed by atoms with Crippen molar-refractivity contribution in [2.75, 3.05) is 6.54 Å². The maximum Gasteiger partial charge on any atom is 0.315 e. The second-order valence-electron chi connectivity index (χ2n) is 5.29. The summed E-state index contributed by atoms with van der Waals surface area (Å²) < 4.78 is 5.89. The third-order valence-corrected chi connectivity index (χ3v) is 3.36. The van der Waals surface area contributed by atoms with E-state index in [4.69, 9.17) is 10.5 Å². The van der Waals surface area contributed by atoms with Gasteiger partial charge < -0.3 is 21.1 Å². The summed E-state index contributed by atoms with van der Waals surface area (Å²) in [6.45, 7) is 2.07. The van der Waals surface area contributed by atoms with Crippen molar-refractivity contribution in [1.29, 1.82) is 0 Å². The summed E-state index contributed by atoms with van der Waals surface area (Å²) in [5.41, 5.74) is 5.89. The standard InChI is InChI=1S/C18H21N3O3/c1-13(21-18(23)20-12-11-17(19)22)15-9-5-6-10-16(15)24-14-7-3-2-4-8-14/h2-10,13H,11-12H2,1H3,(H2,19,22)(H2,20,21,23)/t13-/m1/s1. The summed E-state index contributed by atoms with van der Waals surface area (Å²) in [5.74, 6) is 0.946. The van der Waals surface area contributed by atoms with Crippen molar-refractivity contribution in [3.63, 3.8) is 0 Å². The Morgan fingerprint density at radius 1 is 1.08 bits per heavy atom. The SMILES string of the molecule is C[C@@H](NC(=O)NCCC(N)=O)c1ccccc1Oc1ccccc1. The minimum Gasteiger partial charge on any atom is -0.457 e. The van der Waals surface area contributed by atoms with E-state index >= 15 is 0 Å². The Balaban J connectivity index is 2.00. The van der Waals surface area contributed by atoms with Crippen molar-refractivity contribution >= 4 is 11.9 Å². The molecule has 0 aliphatic carbocycles. The fourth-order valence-corrected chi connectivity index (χ4v) is 2.17. The Bertz CT molecular complexity index is 689. The summed E-state index contributed by atoms with van der Waals surface area (Å²) in [6.07, 6.45) is 0.107.